The number of esters is 2. The lowest BCUT2D eigenvalue weighted by molar-refractivity contribution is 0.0488. The number of unbranched alkanes of at least 4 members (excludes halogenated alkanes) is 2. The van der Waals surface area contributed by atoms with Crippen LogP contribution in [-0.2, 0) is 28.9 Å². The van der Waals surface area contributed by atoms with Gasteiger partial charge < -0.3 is 23.8 Å². The first-order chi connectivity index (χ1) is 29.9. The van der Waals surface area contributed by atoms with Crippen molar-refractivity contribution in [1.82, 2.24) is 19.5 Å². The van der Waals surface area contributed by atoms with Crippen molar-refractivity contribution in [1.29, 1.82) is 0 Å². The molecule has 2 fully saturated rings. The molecular formula is C52H56N4O5. The van der Waals surface area contributed by atoms with Gasteiger partial charge in [-0.2, -0.15) is 0 Å². The average molecular weight is 817 g/mol. The van der Waals surface area contributed by atoms with Crippen molar-refractivity contribution in [2.24, 2.45) is 0 Å². The van der Waals surface area contributed by atoms with Crippen molar-refractivity contribution < 1.29 is 23.8 Å². The summed E-state index contributed by atoms with van der Waals surface area (Å²) in [4.78, 5) is 38.1. The van der Waals surface area contributed by atoms with Gasteiger partial charge in [0.05, 0.1) is 42.8 Å². The van der Waals surface area contributed by atoms with Gasteiger partial charge in [-0.05, 0) is 150 Å². The molecule has 314 valence electrons. The highest BCUT2D eigenvalue weighted by Crippen LogP contribution is 2.41. The topological polar surface area (TPSA) is 108 Å². The first-order valence-electron chi connectivity index (χ1n) is 22.0. The monoisotopic (exact) mass is 816 g/mol. The van der Waals surface area contributed by atoms with E-state index in [1.54, 1.807) is 7.11 Å². The number of H-pyrrole nitrogens is 1. The molecule has 0 bridgehead atoms. The van der Waals surface area contributed by atoms with E-state index >= 15 is 0 Å². The van der Waals surface area contributed by atoms with Gasteiger partial charge in [-0.3, -0.25) is 9.97 Å². The van der Waals surface area contributed by atoms with Crippen LogP contribution in [0.25, 0.3) is 21.8 Å². The van der Waals surface area contributed by atoms with Crippen molar-refractivity contribution in [2.45, 2.75) is 96.4 Å². The molecule has 61 heavy (non-hydrogen) atoms. The number of fused-ring (bicyclic) bond motifs is 2. The summed E-state index contributed by atoms with van der Waals surface area (Å²) < 4.78 is 18.5. The fourth-order valence-electron chi connectivity index (χ4n) is 7.73. The molecule has 2 aliphatic rings. The number of nitrogens with one attached hydrogen (secondary N) is 1. The second-order valence-electron chi connectivity index (χ2n) is 16.5. The van der Waals surface area contributed by atoms with Crippen molar-refractivity contribution in [3.8, 4) is 5.75 Å². The van der Waals surface area contributed by atoms with E-state index in [2.05, 4.69) is 95.2 Å². The zero-order valence-corrected chi connectivity index (χ0v) is 35.6. The molecule has 9 nitrogen and oxygen atoms in total. The normalized spacial score (nSPS) is 13.5. The highest BCUT2D eigenvalue weighted by atomic mass is 16.5. The van der Waals surface area contributed by atoms with Gasteiger partial charge in [0.2, 0.25) is 0 Å². The molecule has 2 saturated carbocycles. The largest absolute Gasteiger partial charge is 0.497 e. The summed E-state index contributed by atoms with van der Waals surface area (Å²) in [7, 11) is 1.68. The summed E-state index contributed by atoms with van der Waals surface area (Å²) in [6, 6.07) is 29.2. The first kappa shape index (κ1) is 41.5. The van der Waals surface area contributed by atoms with Crippen LogP contribution < -0.4 is 4.74 Å². The number of aromatic nitrogens is 4. The van der Waals surface area contributed by atoms with Crippen molar-refractivity contribution in [3.63, 3.8) is 0 Å². The van der Waals surface area contributed by atoms with Gasteiger partial charge in [0.15, 0.2) is 0 Å². The molecule has 9 rings (SSSR count). The smallest absolute Gasteiger partial charge is 0.340 e. The molecule has 0 saturated heterocycles. The maximum atomic E-state index is 12.9. The number of pyridine rings is 2. The maximum absolute atomic E-state index is 12.9. The zero-order chi connectivity index (χ0) is 42.1. The Morgan fingerprint density at radius 2 is 1.23 bits per heavy atom. The number of nitrogens with zero attached hydrogens (tertiary/aromatic N) is 3. The standard InChI is InChI=1S/C30H32N2O3.C22H24N2O2/c1-3-4-15-35-30(33)27-18-25(23-8-9-23)19-31-28(27)17-22-7-12-29-24(16-22)13-14-32(29)20-21-5-10-26(34-2)11-6-21;1-2-3-10-26-22(25)19-13-18(16-5-6-16)14-24-21(19)12-15-4-7-20-17(11-15)8-9-23-20/h5-7,10-14,16,18-19,23H,3-4,8-9,15,17,20H2,1-2H3;4,7-9,11,13-14,16,23H,2-3,5-6,10,12H2,1H3. The molecule has 0 amide bonds. The van der Waals surface area contributed by atoms with Crippen LogP contribution in [0.4, 0.5) is 0 Å². The zero-order valence-electron chi connectivity index (χ0n) is 35.6. The second-order valence-corrected chi connectivity index (χ2v) is 16.5. The number of ether oxygens (including phenoxy) is 3. The van der Waals surface area contributed by atoms with Crippen molar-refractivity contribution in [3.05, 3.63) is 160 Å². The van der Waals surface area contributed by atoms with E-state index in [0.717, 1.165) is 77.1 Å². The Bertz CT molecular complexity index is 2600. The third-order valence-corrected chi connectivity index (χ3v) is 11.7. The molecule has 0 aliphatic heterocycles. The number of carbonyl (C=O) groups excluding carboxylic acids is 2. The number of hydrogen-bond donors (Lipinski definition) is 1. The third-order valence-electron chi connectivity index (χ3n) is 11.7. The Kier molecular flexibility index (Phi) is 13.2. The van der Waals surface area contributed by atoms with Crippen LogP contribution in [0.5, 0.6) is 5.75 Å². The predicted octanol–water partition coefficient (Wildman–Crippen LogP) is 11.5. The van der Waals surface area contributed by atoms with Gasteiger partial charge in [-0.25, -0.2) is 9.59 Å². The molecular weight excluding hydrogens is 761 g/mol. The maximum Gasteiger partial charge on any atom is 0.340 e. The molecule has 1 N–H and O–H groups in total. The van der Waals surface area contributed by atoms with E-state index in [1.807, 2.05) is 42.9 Å². The van der Waals surface area contributed by atoms with E-state index in [4.69, 9.17) is 19.2 Å². The fourth-order valence-corrected chi connectivity index (χ4v) is 7.73. The Morgan fingerprint density at radius 1 is 0.672 bits per heavy atom. The Hall–Kier alpha value is -6.22. The van der Waals surface area contributed by atoms with Crippen LogP contribution in [0.15, 0.2) is 110 Å². The van der Waals surface area contributed by atoms with Gasteiger partial charge in [0, 0.05) is 55.2 Å². The van der Waals surface area contributed by atoms with E-state index in [9.17, 15) is 9.59 Å². The van der Waals surface area contributed by atoms with E-state index < -0.39 is 0 Å². The predicted molar refractivity (Wildman–Crippen MR) is 241 cm³/mol. The highest BCUT2D eigenvalue weighted by molar-refractivity contribution is 5.92. The quantitative estimate of drug-likeness (QED) is 0.0720. The van der Waals surface area contributed by atoms with E-state index in [0.29, 0.717) is 49.0 Å². The minimum Gasteiger partial charge on any atom is -0.497 e. The average Bonchev–Trinajstić information content (AvgIpc) is 4.23. The number of hydrogen-bond acceptors (Lipinski definition) is 7. The molecule has 0 unspecified atom stereocenters. The van der Waals surface area contributed by atoms with Crippen molar-refractivity contribution in [2.75, 3.05) is 20.3 Å². The minimum atomic E-state index is -0.254. The minimum absolute atomic E-state index is 0.244. The third kappa shape index (κ3) is 10.6. The van der Waals surface area contributed by atoms with Crippen LogP contribution in [0.3, 0.4) is 0 Å². The highest BCUT2D eigenvalue weighted by Gasteiger charge is 2.27. The molecule has 9 heteroatoms. The summed E-state index contributed by atoms with van der Waals surface area (Å²) in [5.41, 5.74) is 10.9. The molecule has 3 aromatic carbocycles. The molecule has 0 spiro atoms. The lowest BCUT2D eigenvalue weighted by Gasteiger charge is -2.12. The summed E-state index contributed by atoms with van der Waals surface area (Å²) in [5.74, 6) is 1.47. The van der Waals surface area contributed by atoms with Crippen molar-refractivity contribution >= 4 is 33.7 Å². The Balaban J connectivity index is 0.000000176. The van der Waals surface area contributed by atoms with Gasteiger partial charge in [0.1, 0.15) is 5.75 Å². The number of rotatable bonds is 17. The fraction of sp³-hybridized carbons (Fsp3) is 0.346. The second kappa shape index (κ2) is 19.4. The SMILES string of the molecule is CCCCOC(=O)c1cc(C2CC2)cnc1Cc1ccc2[nH]ccc2c1.CCCCOC(=O)c1cc(C2CC2)cnc1Cc1ccc2c(ccn2Cc2ccc(OC)cc2)c1. The van der Waals surface area contributed by atoms with Gasteiger partial charge in [-0.1, -0.05) is 51.0 Å². The Labute approximate surface area is 358 Å². The van der Waals surface area contributed by atoms with E-state index in [1.165, 1.54) is 47.5 Å². The van der Waals surface area contributed by atoms with E-state index in [-0.39, 0.29) is 11.9 Å². The molecule has 4 aromatic heterocycles. The first-order valence-corrected chi connectivity index (χ1v) is 22.0. The lowest BCUT2D eigenvalue weighted by Crippen LogP contribution is -2.12. The number of aromatic amines is 1. The molecule has 2 aliphatic carbocycles. The van der Waals surface area contributed by atoms with Gasteiger partial charge >= 0.3 is 11.9 Å². The lowest BCUT2D eigenvalue weighted by atomic mass is 10.0. The summed E-state index contributed by atoms with van der Waals surface area (Å²) >= 11 is 0. The van der Waals surface area contributed by atoms with Crippen LogP contribution >= 0.6 is 0 Å². The molecule has 7 aromatic rings. The number of methoxy groups -OCH3 is 1. The molecule has 4 heterocycles. The summed E-state index contributed by atoms with van der Waals surface area (Å²) in [6.45, 7) is 5.90. The van der Waals surface area contributed by atoms with Crippen LogP contribution in [0.2, 0.25) is 0 Å². The van der Waals surface area contributed by atoms with Crippen LogP contribution in [0.1, 0.15) is 137 Å². The van der Waals surface area contributed by atoms with Gasteiger partial charge in [0.25, 0.3) is 0 Å². The number of benzene rings is 3. The molecule has 0 radical (unpaired) electrons. The van der Waals surface area contributed by atoms with Crippen LogP contribution in [-0.4, -0.2) is 51.8 Å². The molecule has 0 atom stereocenters. The van der Waals surface area contributed by atoms with Crippen LogP contribution in [0, 0.1) is 0 Å². The Morgan fingerprint density at radius 3 is 1.79 bits per heavy atom. The summed E-state index contributed by atoms with van der Waals surface area (Å²) in [6.07, 6.45) is 17.7. The summed E-state index contributed by atoms with van der Waals surface area (Å²) in [5, 5.41) is 2.35. The number of carbonyl (C=O) groups is 2. The van der Waals surface area contributed by atoms with Gasteiger partial charge in [-0.15, -0.1) is 0 Å².